The van der Waals surface area contributed by atoms with E-state index in [4.69, 9.17) is 0 Å². The van der Waals surface area contributed by atoms with Crippen LogP contribution < -0.4 is 0 Å². The van der Waals surface area contributed by atoms with Crippen molar-refractivity contribution in [2.45, 2.75) is 129 Å². The Morgan fingerprint density at radius 1 is 0.750 bits per heavy atom. The highest BCUT2D eigenvalue weighted by Gasteiger charge is 2.63. The summed E-state index contributed by atoms with van der Waals surface area (Å²) in [6.45, 7) is 4.73. The van der Waals surface area contributed by atoms with Crippen molar-refractivity contribution in [1.82, 2.24) is 0 Å². The SMILES string of the molecule is CCCCCCC1CC[C@]2(CC1)C[C@@]1(CC[C@H](C3CCC(C)CC3)CC1)C2=O. The van der Waals surface area contributed by atoms with Gasteiger partial charge in [-0.1, -0.05) is 58.8 Å². The predicted molar refractivity (Wildman–Crippen MR) is 118 cm³/mol. The lowest BCUT2D eigenvalue weighted by atomic mass is 9.42. The molecule has 0 aromatic heterocycles. The molecule has 0 radical (unpaired) electrons. The monoisotopic (exact) mass is 386 g/mol. The molecular weight excluding hydrogens is 340 g/mol. The molecule has 0 heterocycles. The van der Waals surface area contributed by atoms with Crippen molar-refractivity contribution in [2.75, 3.05) is 0 Å². The van der Waals surface area contributed by atoms with E-state index < -0.39 is 0 Å². The van der Waals surface area contributed by atoms with Crippen LogP contribution in [-0.2, 0) is 4.79 Å². The van der Waals surface area contributed by atoms with Gasteiger partial charge in [-0.15, -0.1) is 0 Å². The molecule has 4 fully saturated rings. The molecule has 0 bridgehead atoms. The van der Waals surface area contributed by atoms with E-state index in [-0.39, 0.29) is 10.8 Å². The van der Waals surface area contributed by atoms with Crippen LogP contribution in [0.15, 0.2) is 0 Å². The largest absolute Gasteiger partial charge is 0.298 e. The van der Waals surface area contributed by atoms with Gasteiger partial charge in [-0.25, -0.2) is 0 Å². The summed E-state index contributed by atoms with van der Waals surface area (Å²) >= 11 is 0. The smallest absolute Gasteiger partial charge is 0.145 e. The van der Waals surface area contributed by atoms with Gasteiger partial charge in [0.25, 0.3) is 0 Å². The summed E-state index contributed by atoms with van der Waals surface area (Å²) in [7, 11) is 0. The van der Waals surface area contributed by atoms with Gasteiger partial charge >= 0.3 is 0 Å². The van der Waals surface area contributed by atoms with Crippen molar-refractivity contribution < 1.29 is 4.79 Å². The minimum Gasteiger partial charge on any atom is -0.298 e. The maximum Gasteiger partial charge on any atom is 0.145 e. The van der Waals surface area contributed by atoms with E-state index in [0.29, 0.717) is 0 Å². The minimum absolute atomic E-state index is 0.145. The number of carbonyl (C=O) groups is 1. The van der Waals surface area contributed by atoms with Crippen LogP contribution in [0.3, 0.4) is 0 Å². The topological polar surface area (TPSA) is 17.1 Å². The van der Waals surface area contributed by atoms with Gasteiger partial charge in [0, 0.05) is 10.8 Å². The highest BCUT2D eigenvalue weighted by atomic mass is 16.1. The van der Waals surface area contributed by atoms with Gasteiger partial charge in [-0.05, 0) is 94.3 Å². The summed E-state index contributed by atoms with van der Waals surface area (Å²) in [5.41, 5.74) is 0.291. The molecule has 28 heavy (non-hydrogen) atoms. The zero-order valence-corrected chi connectivity index (χ0v) is 18.9. The second kappa shape index (κ2) is 8.81. The molecule has 4 rings (SSSR count). The Bertz CT molecular complexity index is 510. The first kappa shape index (κ1) is 20.9. The molecule has 0 unspecified atom stereocenters. The van der Waals surface area contributed by atoms with E-state index in [1.165, 1.54) is 116 Å². The fourth-order valence-electron chi connectivity index (χ4n) is 7.87. The molecule has 0 N–H and O–H groups in total. The number of hydrogen-bond donors (Lipinski definition) is 0. The van der Waals surface area contributed by atoms with Crippen LogP contribution in [-0.4, -0.2) is 5.78 Å². The van der Waals surface area contributed by atoms with Crippen molar-refractivity contribution in [2.24, 2.45) is 34.5 Å². The minimum atomic E-state index is 0.145. The molecule has 0 aromatic carbocycles. The summed E-state index contributed by atoms with van der Waals surface area (Å²) in [4.78, 5) is 13.4. The zero-order chi connectivity index (χ0) is 19.6. The van der Waals surface area contributed by atoms with E-state index in [1.807, 2.05) is 0 Å². The molecule has 0 aliphatic heterocycles. The maximum absolute atomic E-state index is 13.4. The van der Waals surface area contributed by atoms with E-state index >= 15 is 0 Å². The molecule has 0 atom stereocenters. The first-order valence-electron chi connectivity index (χ1n) is 13.1. The van der Waals surface area contributed by atoms with Crippen LogP contribution in [0.25, 0.3) is 0 Å². The third-order valence-electron chi connectivity index (χ3n) is 9.88. The Kier molecular flexibility index (Phi) is 6.58. The number of carbonyl (C=O) groups excluding carboxylic acids is 1. The third kappa shape index (κ3) is 4.11. The molecule has 4 aliphatic rings. The third-order valence-corrected chi connectivity index (χ3v) is 9.88. The van der Waals surface area contributed by atoms with Crippen molar-refractivity contribution in [1.29, 1.82) is 0 Å². The van der Waals surface area contributed by atoms with E-state index in [0.717, 1.165) is 29.5 Å². The lowest BCUT2D eigenvalue weighted by molar-refractivity contribution is -0.169. The molecule has 0 saturated heterocycles. The molecule has 4 saturated carbocycles. The van der Waals surface area contributed by atoms with Crippen molar-refractivity contribution in [3.63, 3.8) is 0 Å². The number of hydrogen-bond acceptors (Lipinski definition) is 1. The molecule has 0 aromatic rings. The van der Waals surface area contributed by atoms with E-state index in [1.54, 1.807) is 0 Å². The summed E-state index contributed by atoms with van der Waals surface area (Å²) in [6, 6.07) is 0. The van der Waals surface area contributed by atoms with Gasteiger partial charge in [0.2, 0.25) is 0 Å². The number of ketones is 1. The molecule has 160 valence electrons. The van der Waals surface area contributed by atoms with Gasteiger partial charge in [-0.2, -0.15) is 0 Å². The Morgan fingerprint density at radius 3 is 1.89 bits per heavy atom. The van der Waals surface area contributed by atoms with Crippen molar-refractivity contribution >= 4 is 5.78 Å². The maximum atomic E-state index is 13.4. The fraction of sp³-hybridized carbons (Fsp3) is 0.963. The number of rotatable bonds is 6. The second-order valence-electron chi connectivity index (χ2n) is 11.7. The number of Topliss-reactive ketones (excluding diaryl/α,β-unsaturated/α-hetero) is 1. The lowest BCUT2D eigenvalue weighted by Gasteiger charge is -2.59. The Morgan fingerprint density at radius 2 is 1.32 bits per heavy atom. The first-order chi connectivity index (χ1) is 13.6. The van der Waals surface area contributed by atoms with Gasteiger partial charge < -0.3 is 0 Å². The Hall–Kier alpha value is -0.330. The summed E-state index contributed by atoms with van der Waals surface area (Å²) in [5.74, 6) is 4.56. The molecule has 0 amide bonds. The van der Waals surface area contributed by atoms with Crippen LogP contribution in [0.5, 0.6) is 0 Å². The Balaban J connectivity index is 1.21. The lowest BCUT2D eigenvalue weighted by Crippen LogP contribution is -2.59. The fourth-order valence-corrected chi connectivity index (χ4v) is 7.87. The molecule has 1 nitrogen and oxygen atoms in total. The second-order valence-corrected chi connectivity index (χ2v) is 11.7. The highest BCUT2D eigenvalue weighted by molar-refractivity contribution is 5.96. The van der Waals surface area contributed by atoms with E-state index in [9.17, 15) is 4.79 Å². The predicted octanol–water partition coefficient (Wildman–Crippen LogP) is 8.11. The first-order valence-corrected chi connectivity index (χ1v) is 13.1. The highest BCUT2D eigenvalue weighted by Crippen LogP contribution is 2.64. The van der Waals surface area contributed by atoms with Crippen molar-refractivity contribution in [3.05, 3.63) is 0 Å². The molecule has 2 spiro atoms. The van der Waals surface area contributed by atoms with Gasteiger partial charge in [-0.3, -0.25) is 4.79 Å². The zero-order valence-electron chi connectivity index (χ0n) is 18.9. The average molecular weight is 387 g/mol. The number of unbranched alkanes of at least 4 members (excludes halogenated alkanes) is 3. The molecule has 1 heteroatoms. The van der Waals surface area contributed by atoms with E-state index in [2.05, 4.69) is 13.8 Å². The van der Waals surface area contributed by atoms with Crippen LogP contribution >= 0.6 is 0 Å². The summed E-state index contributed by atoms with van der Waals surface area (Å²) in [6.07, 6.45) is 24.5. The van der Waals surface area contributed by atoms with Crippen LogP contribution in [0.4, 0.5) is 0 Å². The van der Waals surface area contributed by atoms with Gasteiger partial charge in [0.05, 0.1) is 0 Å². The summed E-state index contributed by atoms with van der Waals surface area (Å²) < 4.78 is 0. The quantitative estimate of drug-likeness (QED) is 0.421. The van der Waals surface area contributed by atoms with Crippen LogP contribution in [0.2, 0.25) is 0 Å². The normalized spacial score (nSPS) is 44.0. The van der Waals surface area contributed by atoms with Gasteiger partial charge in [0.15, 0.2) is 0 Å². The van der Waals surface area contributed by atoms with Gasteiger partial charge in [0.1, 0.15) is 5.78 Å². The standard InChI is InChI=1S/C27H46O/c1-3-4-5-6-7-22-12-16-26(17-13-22)20-27(25(26)28)18-14-24(15-19-27)23-10-8-21(2)9-11-23/h21-24H,3-20H2,1-2H3/t21?,22?,23?,24-,26-,27-. The average Bonchev–Trinajstić information content (AvgIpc) is 2.73. The summed E-state index contributed by atoms with van der Waals surface area (Å²) in [5, 5.41) is 0. The molecular formula is C27H46O. The van der Waals surface area contributed by atoms with Crippen molar-refractivity contribution in [3.8, 4) is 0 Å². The van der Waals surface area contributed by atoms with Crippen LogP contribution in [0, 0.1) is 34.5 Å². The molecule has 4 aliphatic carbocycles. The van der Waals surface area contributed by atoms with Crippen LogP contribution in [0.1, 0.15) is 129 Å². The Labute approximate surface area is 174 Å².